The molecule has 1 fully saturated rings. The molecule has 0 radical (unpaired) electrons. The van der Waals surface area contributed by atoms with Crippen LogP contribution in [0.5, 0.6) is 0 Å². The minimum atomic E-state index is 0.333. The third kappa shape index (κ3) is 3.28. The van der Waals surface area contributed by atoms with Crippen LogP contribution in [0, 0.1) is 0 Å². The molecule has 0 amide bonds. The third-order valence-electron chi connectivity index (χ3n) is 2.92. The van der Waals surface area contributed by atoms with Gasteiger partial charge in [-0.3, -0.25) is 4.90 Å². The van der Waals surface area contributed by atoms with E-state index in [1.165, 1.54) is 32.5 Å². The van der Waals surface area contributed by atoms with Gasteiger partial charge in [-0.15, -0.1) is 0 Å². The lowest BCUT2D eigenvalue weighted by atomic mass is 10.0. The van der Waals surface area contributed by atoms with Crippen LogP contribution in [0.2, 0.25) is 0 Å². The molecule has 78 valence electrons. The molecule has 1 N–H and O–H groups in total. The van der Waals surface area contributed by atoms with Crippen molar-refractivity contribution >= 4 is 0 Å². The summed E-state index contributed by atoms with van der Waals surface area (Å²) in [6.07, 6.45) is 2.53. The summed E-state index contributed by atoms with van der Waals surface area (Å²) in [4.78, 5) is 2.60. The Bertz CT molecular complexity index is 149. The highest BCUT2D eigenvalue weighted by molar-refractivity contribution is 4.83. The average Bonchev–Trinajstić information content (AvgIpc) is 2.27. The van der Waals surface area contributed by atoms with E-state index in [1.807, 2.05) is 0 Å². The fourth-order valence-corrected chi connectivity index (χ4v) is 1.88. The van der Waals surface area contributed by atoms with Crippen LogP contribution in [-0.4, -0.2) is 36.1 Å². The van der Waals surface area contributed by atoms with Crippen LogP contribution in [0.4, 0.5) is 0 Å². The number of nitrogens with one attached hydrogen (secondary N) is 1. The molecule has 2 nitrogen and oxygen atoms in total. The van der Waals surface area contributed by atoms with E-state index in [4.69, 9.17) is 0 Å². The zero-order chi connectivity index (χ0) is 9.90. The molecule has 1 atom stereocenters. The van der Waals surface area contributed by atoms with Gasteiger partial charge in [-0.25, -0.2) is 0 Å². The summed E-state index contributed by atoms with van der Waals surface area (Å²) in [5, 5.41) is 3.59. The number of hydrogen-bond acceptors (Lipinski definition) is 2. The van der Waals surface area contributed by atoms with Gasteiger partial charge in [0.1, 0.15) is 0 Å². The second-order valence-corrected chi connectivity index (χ2v) is 5.03. The van der Waals surface area contributed by atoms with Crippen molar-refractivity contribution < 1.29 is 0 Å². The SMILES string of the molecule is CCC1CN(C(C)(C)C)CCCN1. The van der Waals surface area contributed by atoms with Crippen LogP contribution < -0.4 is 5.32 Å². The Morgan fingerprint density at radius 1 is 1.38 bits per heavy atom. The van der Waals surface area contributed by atoms with Gasteiger partial charge >= 0.3 is 0 Å². The molecule has 0 spiro atoms. The van der Waals surface area contributed by atoms with Crippen molar-refractivity contribution in [1.29, 1.82) is 0 Å². The van der Waals surface area contributed by atoms with Crippen molar-refractivity contribution in [2.45, 2.75) is 52.1 Å². The van der Waals surface area contributed by atoms with Gasteiger partial charge in [0.2, 0.25) is 0 Å². The molecule has 0 aliphatic carbocycles. The molecule has 1 saturated heterocycles. The Morgan fingerprint density at radius 3 is 2.62 bits per heavy atom. The van der Waals surface area contributed by atoms with Gasteiger partial charge in [0.05, 0.1) is 0 Å². The highest BCUT2D eigenvalue weighted by Crippen LogP contribution is 2.16. The van der Waals surface area contributed by atoms with Gasteiger partial charge in [-0.05, 0) is 46.7 Å². The van der Waals surface area contributed by atoms with E-state index in [1.54, 1.807) is 0 Å². The van der Waals surface area contributed by atoms with E-state index >= 15 is 0 Å². The standard InChI is InChI=1S/C11H24N2/c1-5-10-9-13(11(2,3)4)8-6-7-12-10/h10,12H,5-9H2,1-4H3. The summed E-state index contributed by atoms with van der Waals surface area (Å²) < 4.78 is 0. The van der Waals surface area contributed by atoms with Crippen LogP contribution in [0.3, 0.4) is 0 Å². The first-order valence-electron chi connectivity index (χ1n) is 5.52. The molecule has 1 unspecified atom stereocenters. The molecule has 0 aromatic heterocycles. The van der Waals surface area contributed by atoms with E-state index in [-0.39, 0.29) is 0 Å². The van der Waals surface area contributed by atoms with Gasteiger partial charge < -0.3 is 5.32 Å². The van der Waals surface area contributed by atoms with E-state index in [2.05, 4.69) is 37.9 Å². The predicted octanol–water partition coefficient (Wildman–Crippen LogP) is 1.86. The molecule has 0 bridgehead atoms. The first kappa shape index (κ1) is 11.0. The van der Waals surface area contributed by atoms with Crippen LogP contribution in [0.25, 0.3) is 0 Å². The molecule has 1 aliphatic rings. The van der Waals surface area contributed by atoms with E-state index < -0.39 is 0 Å². The number of hydrogen-bond donors (Lipinski definition) is 1. The molecule has 0 aromatic carbocycles. The zero-order valence-corrected chi connectivity index (χ0v) is 9.56. The normalized spacial score (nSPS) is 27.2. The van der Waals surface area contributed by atoms with Crippen molar-refractivity contribution in [2.24, 2.45) is 0 Å². The van der Waals surface area contributed by atoms with E-state index in [9.17, 15) is 0 Å². The van der Waals surface area contributed by atoms with Crippen LogP contribution in [0.15, 0.2) is 0 Å². The lowest BCUT2D eigenvalue weighted by molar-refractivity contribution is 0.133. The topological polar surface area (TPSA) is 15.3 Å². The summed E-state index contributed by atoms with van der Waals surface area (Å²) in [5.41, 5.74) is 0.333. The van der Waals surface area contributed by atoms with Crippen molar-refractivity contribution in [3.8, 4) is 0 Å². The highest BCUT2D eigenvalue weighted by Gasteiger charge is 2.25. The molecule has 1 rings (SSSR count). The third-order valence-corrected chi connectivity index (χ3v) is 2.92. The van der Waals surface area contributed by atoms with Crippen LogP contribution in [0.1, 0.15) is 40.5 Å². The van der Waals surface area contributed by atoms with Crippen molar-refractivity contribution in [3.63, 3.8) is 0 Å². The number of rotatable bonds is 1. The van der Waals surface area contributed by atoms with Gasteiger partial charge in [-0.1, -0.05) is 6.92 Å². The van der Waals surface area contributed by atoms with Crippen molar-refractivity contribution in [2.75, 3.05) is 19.6 Å². The molecule has 0 saturated carbocycles. The molecule has 2 heteroatoms. The zero-order valence-electron chi connectivity index (χ0n) is 9.56. The maximum atomic E-state index is 3.59. The summed E-state index contributed by atoms with van der Waals surface area (Å²) in [6.45, 7) is 12.8. The highest BCUT2D eigenvalue weighted by atomic mass is 15.2. The quantitative estimate of drug-likeness (QED) is 0.669. The first-order valence-corrected chi connectivity index (χ1v) is 5.52. The van der Waals surface area contributed by atoms with Crippen molar-refractivity contribution in [1.82, 2.24) is 10.2 Å². The predicted molar refractivity (Wildman–Crippen MR) is 58.0 cm³/mol. The summed E-state index contributed by atoms with van der Waals surface area (Å²) >= 11 is 0. The molecular formula is C11H24N2. The Labute approximate surface area is 82.7 Å². The first-order chi connectivity index (χ1) is 6.04. The van der Waals surface area contributed by atoms with E-state index in [0.29, 0.717) is 11.6 Å². The van der Waals surface area contributed by atoms with Gasteiger partial charge in [-0.2, -0.15) is 0 Å². The Kier molecular flexibility index (Phi) is 3.74. The Balaban J connectivity index is 2.54. The second-order valence-electron chi connectivity index (χ2n) is 5.03. The van der Waals surface area contributed by atoms with Crippen molar-refractivity contribution in [3.05, 3.63) is 0 Å². The van der Waals surface area contributed by atoms with Crippen LogP contribution >= 0.6 is 0 Å². The van der Waals surface area contributed by atoms with Gasteiger partial charge in [0, 0.05) is 18.1 Å². The second kappa shape index (κ2) is 4.43. The fraction of sp³-hybridized carbons (Fsp3) is 1.00. The largest absolute Gasteiger partial charge is 0.313 e. The maximum Gasteiger partial charge on any atom is 0.0192 e. The molecule has 13 heavy (non-hydrogen) atoms. The lowest BCUT2D eigenvalue weighted by Crippen LogP contribution is -2.46. The number of nitrogens with zero attached hydrogens (tertiary/aromatic N) is 1. The lowest BCUT2D eigenvalue weighted by Gasteiger charge is -2.36. The van der Waals surface area contributed by atoms with Gasteiger partial charge in [0.15, 0.2) is 0 Å². The van der Waals surface area contributed by atoms with Gasteiger partial charge in [0.25, 0.3) is 0 Å². The summed E-state index contributed by atoms with van der Waals surface area (Å²) in [5.74, 6) is 0. The summed E-state index contributed by atoms with van der Waals surface area (Å²) in [6, 6.07) is 0.696. The Hall–Kier alpha value is -0.0800. The summed E-state index contributed by atoms with van der Waals surface area (Å²) in [7, 11) is 0. The minimum Gasteiger partial charge on any atom is -0.313 e. The smallest absolute Gasteiger partial charge is 0.0192 e. The van der Waals surface area contributed by atoms with E-state index in [0.717, 1.165) is 0 Å². The molecule has 1 heterocycles. The minimum absolute atomic E-state index is 0.333. The molecule has 1 aliphatic heterocycles. The van der Waals surface area contributed by atoms with Crippen LogP contribution in [-0.2, 0) is 0 Å². The average molecular weight is 184 g/mol. The fourth-order valence-electron chi connectivity index (χ4n) is 1.88. The monoisotopic (exact) mass is 184 g/mol. The Morgan fingerprint density at radius 2 is 2.08 bits per heavy atom. The molecule has 0 aromatic rings. The molecular weight excluding hydrogens is 160 g/mol. The maximum absolute atomic E-state index is 3.59.